The summed E-state index contributed by atoms with van der Waals surface area (Å²) in [7, 11) is 0. The predicted octanol–water partition coefficient (Wildman–Crippen LogP) is 8.06. The Balaban J connectivity index is 1.26. The smallest absolute Gasteiger partial charge is 0.338 e. The summed E-state index contributed by atoms with van der Waals surface area (Å²) in [6.45, 7) is 1.76. The maximum absolute atomic E-state index is 15.0. The van der Waals surface area contributed by atoms with E-state index in [0.717, 1.165) is 16.2 Å². The number of ketones is 1. The van der Waals surface area contributed by atoms with E-state index in [1.165, 1.54) is 29.2 Å². The number of rotatable bonds is 14. The molecule has 0 saturated carbocycles. The molecule has 1 aromatic heterocycles. The van der Waals surface area contributed by atoms with Gasteiger partial charge in [0.25, 0.3) is 11.8 Å². The van der Waals surface area contributed by atoms with Gasteiger partial charge in [-0.2, -0.15) is 0 Å². The fraction of sp³-hybridized carbons (Fsp3) is 0.176. The molecular weight excluding hydrogens is 799 g/mol. The lowest BCUT2D eigenvalue weighted by atomic mass is 9.85. The molecule has 316 valence electrons. The molecule has 0 radical (unpaired) electrons. The van der Waals surface area contributed by atoms with E-state index in [0.29, 0.717) is 45.6 Å². The minimum atomic E-state index is -1.42. The summed E-state index contributed by atoms with van der Waals surface area (Å²) in [6, 6.07) is 40.8. The number of carbonyl (C=O) groups is 5. The van der Waals surface area contributed by atoms with Crippen LogP contribution < -0.4 is 15.0 Å². The standard InChI is InChI=1S/C51H43N3O9/c1-2-61-45(56)31-44-48(63-51(60)36-20-18-35(19-21-36)47(57)34-13-4-3-5-14-34)46(53-49(58)38-22-17-32-11-6-7-15-37(32)29-38)40-30-39(62-28-10-27-55)24-26-43(40)54(44)50(59)42-25-23-33-12-8-9-16-41(33)52-42/h3-9,11-26,29-30,44,46,48,55H,2,10,27-28,31H2,1H3,(H,53,58)/t44-,46-,48-/m0/s1. The van der Waals surface area contributed by atoms with Crippen molar-refractivity contribution in [3.63, 3.8) is 0 Å². The quantitative estimate of drug-likeness (QED) is 0.0623. The van der Waals surface area contributed by atoms with E-state index < -0.39 is 48.4 Å². The van der Waals surface area contributed by atoms with Crippen molar-refractivity contribution in [2.24, 2.45) is 0 Å². The number of aromatic nitrogens is 1. The third-order valence-electron chi connectivity index (χ3n) is 10.9. The highest BCUT2D eigenvalue weighted by Crippen LogP contribution is 2.43. The number of aliphatic hydroxyl groups excluding tert-OH is 1. The average molecular weight is 842 g/mol. The zero-order chi connectivity index (χ0) is 43.9. The normalized spacial score (nSPS) is 15.6. The summed E-state index contributed by atoms with van der Waals surface area (Å²) in [6.07, 6.45) is -1.51. The van der Waals surface area contributed by atoms with Crippen LogP contribution in [0.5, 0.6) is 5.75 Å². The number of fused-ring (bicyclic) bond motifs is 3. The molecule has 1 aliphatic rings. The van der Waals surface area contributed by atoms with Gasteiger partial charge in [0.1, 0.15) is 17.5 Å². The minimum absolute atomic E-state index is 0.0392. The van der Waals surface area contributed by atoms with Crippen LogP contribution in [0.4, 0.5) is 5.69 Å². The van der Waals surface area contributed by atoms with Gasteiger partial charge in [-0.15, -0.1) is 0 Å². The number of hydrogen-bond donors (Lipinski definition) is 2. The van der Waals surface area contributed by atoms with E-state index >= 15 is 4.79 Å². The number of para-hydroxylation sites is 1. The molecule has 2 heterocycles. The highest BCUT2D eigenvalue weighted by atomic mass is 16.5. The number of anilines is 1. The van der Waals surface area contributed by atoms with Crippen LogP contribution >= 0.6 is 0 Å². The Labute approximate surface area is 363 Å². The number of esters is 2. The van der Waals surface area contributed by atoms with Gasteiger partial charge in [0.15, 0.2) is 5.78 Å². The van der Waals surface area contributed by atoms with Gasteiger partial charge in [0.05, 0.1) is 48.5 Å². The number of nitrogens with zero attached hydrogens (tertiary/aromatic N) is 2. The number of nitrogens with one attached hydrogen (secondary N) is 1. The molecule has 0 bridgehead atoms. The first kappa shape index (κ1) is 42.0. The highest BCUT2D eigenvalue weighted by Gasteiger charge is 2.48. The van der Waals surface area contributed by atoms with Crippen molar-refractivity contribution in [2.75, 3.05) is 24.7 Å². The molecule has 8 rings (SSSR count). The number of pyridine rings is 1. The molecular formula is C51H43N3O9. The second kappa shape index (κ2) is 18.9. The van der Waals surface area contributed by atoms with Gasteiger partial charge in [-0.05, 0) is 72.3 Å². The van der Waals surface area contributed by atoms with Gasteiger partial charge in [-0.1, -0.05) is 97.1 Å². The Bertz CT molecular complexity index is 2830. The lowest BCUT2D eigenvalue weighted by Crippen LogP contribution is -2.58. The first-order valence-corrected chi connectivity index (χ1v) is 20.7. The highest BCUT2D eigenvalue weighted by molar-refractivity contribution is 6.10. The minimum Gasteiger partial charge on any atom is -0.493 e. The molecule has 0 aliphatic carbocycles. The Morgan fingerprint density at radius 2 is 1.37 bits per heavy atom. The molecule has 12 nitrogen and oxygen atoms in total. The summed E-state index contributed by atoms with van der Waals surface area (Å²) in [5, 5.41) is 15.1. The number of amides is 2. The van der Waals surface area contributed by atoms with Crippen LogP contribution in [0, 0.1) is 0 Å². The monoisotopic (exact) mass is 841 g/mol. The number of aliphatic hydroxyl groups is 1. The molecule has 63 heavy (non-hydrogen) atoms. The largest absolute Gasteiger partial charge is 0.493 e. The zero-order valence-electron chi connectivity index (χ0n) is 34.3. The Kier molecular flexibility index (Phi) is 12.6. The zero-order valence-corrected chi connectivity index (χ0v) is 34.3. The number of ether oxygens (including phenoxy) is 3. The molecule has 2 amide bonds. The predicted molar refractivity (Wildman–Crippen MR) is 237 cm³/mol. The average Bonchev–Trinajstić information content (AvgIpc) is 3.32. The third kappa shape index (κ3) is 9.17. The van der Waals surface area contributed by atoms with Gasteiger partial charge in [-0.25, -0.2) is 9.78 Å². The molecule has 2 N–H and O–H groups in total. The Hall–Kier alpha value is -7.70. The van der Waals surface area contributed by atoms with E-state index in [-0.39, 0.29) is 36.9 Å². The molecule has 0 saturated heterocycles. The second-order valence-corrected chi connectivity index (χ2v) is 14.9. The number of carbonyl (C=O) groups excluding carboxylic acids is 5. The van der Waals surface area contributed by atoms with Crippen LogP contribution in [0.15, 0.2) is 152 Å². The van der Waals surface area contributed by atoms with Crippen LogP contribution in [0.3, 0.4) is 0 Å². The first-order chi connectivity index (χ1) is 30.7. The van der Waals surface area contributed by atoms with Gasteiger partial charge in [-0.3, -0.25) is 24.1 Å². The van der Waals surface area contributed by atoms with E-state index in [9.17, 15) is 24.3 Å². The maximum Gasteiger partial charge on any atom is 0.338 e. The molecule has 0 fully saturated rings. The Morgan fingerprint density at radius 3 is 2.13 bits per heavy atom. The maximum atomic E-state index is 15.0. The fourth-order valence-electron chi connectivity index (χ4n) is 7.80. The second-order valence-electron chi connectivity index (χ2n) is 14.9. The van der Waals surface area contributed by atoms with Crippen LogP contribution in [0.25, 0.3) is 21.7 Å². The molecule has 6 aromatic carbocycles. The van der Waals surface area contributed by atoms with Crippen molar-refractivity contribution in [3.05, 3.63) is 185 Å². The van der Waals surface area contributed by atoms with Gasteiger partial charge in [0, 0.05) is 40.7 Å². The lowest BCUT2D eigenvalue weighted by molar-refractivity contribution is -0.144. The van der Waals surface area contributed by atoms with E-state index in [4.69, 9.17) is 14.2 Å². The summed E-state index contributed by atoms with van der Waals surface area (Å²) >= 11 is 0. The molecule has 3 atom stereocenters. The van der Waals surface area contributed by atoms with Crippen LogP contribution in [0.2, 0.25) is 0 Å². The van der Waals surface area contributed by atoms with Gasteiger partial charge in [0.2, 0.25) is 0 Å². The number of hydrogen-bond acceptors (Lipinski definition) is 10. The van der Waals surface area contributed by atoms with Crippen molar-refractivity contribution in [1.29, 1.82) is 0 Å². The van der Waals surface area contributed by atoms with Crippen LogP contribution in [-0.2, 0) is 14.3 Å². The van der Waals surface area contributed by atoms with Gasteiger partial charge >= 0.3 is 11.9 Å². The molecule has 0 spiro atoms. The first-order valence-electron chi connectivity index (χ1n) is 20.7. The van der Waals surface area contributed by atoms with E-state index in [1.54, 1.807) is 79.7 Å². The van der Waals surface area contributed by atoms with Crippen molar-refractivity contribution < 1.29 is 43.3 Å². The SMILES string of the molecule is CCOC(=O)C[C@H]1[C@H](OC(=O)c2ccc(C(=O)c3ccccc3)cc2)[C@@H](NC(=O)c2ccc3ccccc3c2)c2cc(OCCCO)ccc2N1C(=O)c1ccc2ccccc2n1. The third-order valence-corrected chi connectivity index (χ3v) is 10.9. The summed E-state index contributed by atoms with van der Waals surface area (Å²) in [5.74, 6) is -2.51. The fourth-order valence-corrected chi connectivity index (χ4v) is 7.80. The van der Waals surface area contributed by atoms with Crippen molar-refractivity contribution in [3.8, 4) is 5.75 Å². The van der Waals surface area contributed by atoms with E-state index in [1.807, 2.05) is 54.6 Å². The van der Waals surface area contributed by atoms with Crippen LogP contribution in [-0.4, -0.2) is 71.6 Å². The molecule has 0 unspecified atom stereocenters. The van der Waals surface area contributed by atoms with Crippen molar-refractivity contribution in [2.45, 2.75) is 38.0 Å². The molecule has 12 heteroatoms. The summed E-state index contributed by atoms with van der Waals surface area (Å²) < 4.78 is 17.9. The van der Waals surface area contributed by atoms with E-state index in [2.05, 4.69) is 10.3 Å². The van der Waals surface area contributed by atoms with Crippen molar-refractivity contribution >= 4 is 56.9 Å². The summed E-state index contributed by atoms with van der Waals surface area (Å²) in [5.41, 5.74) is 2.49. The Morgan fingerprint density at radius 1 is 0.698 bits per heavy atom. The molecule has 7 aromatic rings. The lowest BCUT2D eigenvalue weighted by Gasteiger charge is -2.45. The number of benzene rings is 6. The molecule has 1 aliphatic heterocycles. The van der Waals surface area contributed by atoms with Crippen LogP contribution in [0.1, 0.15) is 78.5 Å². The topological polar surface area (TPSA) is 161 Å². The van der Waals surface area contributed by atoms with Crippen molar-refractivity contribution in [1.82, 2.24) is 10.3 Å². The van der Waals surface area contributed by atoms with Gasteiger partial charge < -0.3 is 24.6 Å². The summed E-state index contributed by atoms with van der Waals surface area (Å²) in [4.78, 5) is 76.8.